The van der Waals surface area contributed by atoms with E-state index in [1.54, 1.807) is 0 Å². The van der Waals surface area contributed by atoms with Crippen molar-refractivity contribution in [1.82, 2.24) is 10.2 Å². The van der Waals surface area contributed by atoms with Crippen molar-refractivity contribution >= 4 is 24.3 Å². The second kappa shape index (κ2) is 4.84. The molecule has 0 bridgehead atoms. The highest BCUT2D eigenvalue weighted by Gasteiger charge is 2.17. The third kappa shape index (κ3) is 1.92. The van der Waals surface area contributed by atoms with Crippen LogP contribution in [0.2, 0.25) is 0 Å². The van der Waals surface area contributed by atoms with E-state index < -0.39 is 5.82 Å². The zero-order valence-corrected chi connectivity index (χ0v) is 9.34. The maximum atomic E-state index is 13.3. The Morgan fingerprint density at radius 2 is 1.75 bits per heavy atom. The molecular weight excluding hydrogens is 257 g/mol. The lowest BCUT2D eigenvalue weighted by molar-refractivity contribution is 0.631. The molecule has 16 heavy (non-hydrogen) atoms. The van der Waals surface area contributed by atoms with Gasteiger partial charge in [0.2, 0.25) is 0 Å². The van der Waals surface area contributed by atoms with Gasteiger partial charge in [-0.3, -0.25) is 5.10 Å². The van der Waals surface area contributed by atoms with Gasteiger partial charge in [-0.2, -0.15) is 12.9 Å². The van der Waals surface area contributed by atoms with Crippen molar-refractivity contribution in [1.29, 1.82) is 0 Å². The smallest absolute Gasteiger partial charge is 0.168 e. The molecule has 0 aliphatic rings. The van der Waals surface area contributed by atoms with Crippen LogP contribution in [0.3, 0.4) is 0 Å². The van der Waals surface area contributed by atoms with Crippen LogP contribution < -0.4 is 0 Å². The van der Waals surface area contributed by atoms with Gasteiger partial charge in [-0.1, -0.05) is 6.07 Å². The zero-order valence-electron chi connectivity index (χ0n) is 7.71. The van der Waals surface area contributed by atoms with Crippen LogP contribution in [-0.4, -0.2) is 10.2 Å². The Hall–Kier alpha value is -1.08. The highest BCUT2D eigenvalue weighted by atomic mass is 32.2. The average molecular weight is 262 g/mol. The van der Waals surface area contributed by atoms with Gasteiger partial charge in [0.15, 0.2) is 5.82 Å². The summed E-state index contributed by atoms with van der Waals surface area (Å²) in [5.41, 5.74) is 0.137. The van der Waals surface area contributed by atoms with Crippen LogP contribution in [0.15, 0.2) is 34.2 Å². The topological polar surface area (TPSA) is 28.7 Å². The number of aromatic amines is 1. The van der Waals surface area contributed by atoms with Crippen molar-refractivity contribution in [2.75, 3.05) is 0 Å². The van der Waals surface area contributed by atoms with Crippen LogP contribution in [-0.2, 0) is 0 Å². The molecule has 0 aliphatic carbocycles. The SMILES string of the molecule is FSc1cccc(SF)c1-c1[nH]ncc1F. The van der Waals surface area contributed by atoms with Crippen molar-refractivity contribution in [3.8, 4) is 11.3 Å². The molecule has 0 atom stereocenters. The molecule has 1 heterocycles. The molecule has 1 aromatic heterocycles. The molecule has 0 spiro atoms. The van der Waals surface area contributed by atoms with Crippen molar-refractivity contribution in [2.24, 2.45) is 0 Å². The summed E-state index contributed by atoms with van der Waals surface area (Å²) in [6, 6.07) is 4.39. The van der Waals surface area contributed by atoms with Gasteiger partial charge >= 0.3 is 0 Å². The summed E-state index contributed by atoms with van der Waals surface area (Å²) in [5, 5.41) is 5.87. The molecule has 2 nitrogen and oxygen atoms in total. The highest BCUT2D eigenvalue weighted by molar-refractivity contribution is 7.95. The van der Waals surface area contributed by atoms with Gasteiger partial charge in [0.1, 0.15) is 5.69 Å². The molecule has 0 radical (unpaired) electrons. The van der Waals surface area contributed by atoms with Crippen LogP contribution >= 0.6 is 24.3 Å². The molecular formula is C9H5F3N2S2. The normalized spacial score (nSPS) is 10.7. The Morgan fingerprint density at radius 3 is 2.19 bits per heavy atom. The largest absolute Gasteiger partial charge is 0.275 e. The fourth-order valence-corrected chi connectivity index (χ4v) is 2.24. The van der Waals surface area contributed by atoms with Crippen molar-refractivity contribution in [3.63, 3.8) is 0 Å². The van der Waals surface area contributed by atoms with E-state index in [4.69, 9.17) is 0 Å². The number of hydrogen-bond donors (Lipinski definition) is 1. The summed E-state index contributed by atoms with van der Waals surface area (Å²) in [6.45, 7) is 0. The lowest BCUT2D eigenvalue weighted by Gasteiger charge is -2.06. The Morgan fingerprint density at radius 1 is 1.12 bits per heavy atom. The van der Waals surface area contributed by atoms with Gasteiger partial charge in [-0.25, -0.2) is 4.39 Å². The lowest BCUT2D eigenvalue weighted by atomic mass is 10.1. The summed E-state index contributed by atoms with van der Waals surface area (Å²) >= 11 is -0.125. The number of hydrogen-bond acceptors (Lipinski definition) is 3. The minimum Gasteiger partial charge on any atom is -0.275 e. The minimum absolute atomic E-state index is 0.0131. The first-order chi connectivity index (χ1) is 7.77. The van der Waals surface area contributed by atoms with E-state index in [-0.39, 0.29) is 45.3 Å². The van der Waals surface area contributed by atoms with Crippen LogP contribution in [0.1, 0.15) is 0 Å². The van der Waals surface area contributed by atoms with E-state index in [9.17, 15) is 12.2 Å². The fraction of sp³-hybridized carbons (Fsp3) is 0. The molecule has 0 saturated heterocycles. The van der Waals surface area contributed by atoms with Gasteiger partial charge in [0.25, 0.3) is 0 Å². The minimum atomic E-state index is -0.642. The number of rotatable bonds is 3. The molecule has 2 rings (SSSR count). The summed E-state index contributed by atoms with van der Waals surface area (Å²) in [4.78, 5) is 0.289. The fourth-order valence-electron chi connectivity index (χ4n) is 1.33. The Bertz CT molecular complexity index is 479. The van der Waals surface area contributed by atoms with Crippen LogP contribution in [0, 0.1) is 5.82 Å². The predicted molar refractivity (Wildman–Crippen MR) is 57.9 cm³/mol. The van der Waals surface area contributed by atoms with Gasteiger partial charge in [-0.05, 0) is 12.1 Å². The second-order valence-corrected chi connectivity index (χ2v) is 4.06. The average Bonchev–Trinajstić information content (AvgIpc) is 2.74. The molecule has 1 aromatic carbocycles. The van der Waals surface area contributed by atoms with Gasteiger partial charge in [0.05, 0.1) is 40.3 Å². The molecule has 2 aromatic rings. The first-order valence-electron chi connectivity index (χ1n) is 4.17. The predicted octanol–water partition coefficient (Wildman–Crippen LogP) is 4.17. The van der Waals surface area contributed by atoms with Gasteiger partial charge in [-0.15, -0.1) is 0 Å². The number of benzene rings is 1. The van der Waals surface area contributed by atoms with E-state index in [0.717, 1.165) is 6.20 Å². The quantitative estimate of drug-likeness (QED) is 0.900. The first kappa shape index (κ1) is 11.4. The molecule has 0 unspecified atom stereocenters. The molecule has 0 saturated carbocycles. The molecule has 7 heteroatoms. The first-order valence-corrected chi connectivity index (χ1v) is 5.60. The van der Waals surface area contributed by atoms with Gasteiger partial charge < -0.3 is 0 Å². The Balaban J connectivity index is 2.66. The summed E-state index contributed by atoms with van der Waals surface area (Å²) < 4.78 is 38.6. The van der Waals surface area contributed by atoms with Gasteiger partial charge in [0, 0.05) is 5.56 Å². The maximum absolute atomic E-state index is 13.3. The van der Waals surface area contributed by atoms with Crippen LogP contribution in [0.25, 0.3) is 11.3 Å². The van der Waals surface area contributed by atoms with Crippen molar-refractivity contribution < 1.29 is 12.2 Å². The van der Waals surface area contributed by atoms with Crippen molar-refractivity contribution in [3.05, 3.63) is 30.2 Å². The molecule has 84 valence electrons. The van der Waals surface area contributed by atoms with E-state index in [1.807, 2.05) is 0 Å². The third-order valence-corrected chi connectivity index (χ3v) is 3.01. The zero-order chi connectivity index (χ0) is 11.5. The lowest BCUT2D eigenvalue weighted by Crippen LogP contribution is -1.87. The summed E-state index contributed by atoms with van der Waals surface area (Å²) in [6.07, 6.45) is 0.960. The number of halogens is 3. The summed E-state index contributed by atoms with van der Waals surface area (Å²) in [7, 11) is 0. The Labute approximate surface area is 98.2 Å². The second-order valence-electron chi connectivity index (χ2n) is 2.88. The van der Waals surface area contributed by atoms with Crippen LogP contribution in [0.5, 0.6) is 0 Å². The third-order valence-electron chi connectivity index (χ3n) is 2.00. The summed E-state index contributed by atoms with van der Waals surface area (Å²) in [5.74, 6) is -0.642. The van der Waals surface area contributed by atoms with E-state index >= 15 is 0 Å². The Kier molecular flexibility index (Phi) is 3.45. The molecule has 0 fully saturated rings. The number of H-pyrrole nitrogens is 1. The van der Waals surface area contributed by atoms with E-state index in [1.165, 1.54) is 18.2 Å². The highest BCUT2D eigenvalue weighted by Crippen LogP contribution is 2.39. The molecule has 1 N–H and O–H groups in total. The van der Waals surface area contributed by atoms with Crippen molar-refractivity contribution in [2.45, 2.75) is 9.79 Å². The number of aromatic nitrogens is 2. The van der Waals surface area contributed by atoms with E-state index in [2.05, 4.69) is 10.2 Å². The van der Waals surface area contributed by atoms with Crippen LogP contribution in [0.4, 0.5) is 12.2 Å². The number of nitrogens with one attached hydrogen (secondary N) is 1. The monoisotopic (exact) mass is 262 g/mol. The number of nitrogens with zero attached hydrogens (tertiary/aromatic N) is 1. The maximum Gasteiger partial charge on any atom is 0.168 e. The molecule has 0 amide bonds. The van der Waals surface area contributed by atoms with E-state index in [0.29, 0.717) is 0 Å². The molecule has 0 aliphatic heterocycles. The standard InChI is InChI=1S/C9H5F3N2S2/c10-5-4-13-14-9(5)8-6(15-11)2-1-3-7(8)16-12/h1-4H,(H,13,14).